The van der Waals surface area contributed by atoms with Crippen LogP contribution in [0, 0.1) is 56.2 Å². The van der Waals surface area contributed by atoms with Crippen LogP contribution in [0.3, 0.4) is 0 Å². The average molecular weight is 543 g/mol. The van der Waals surface area contributed by atoms with E-state index in [9.17, 15) is 21.0 Å². The number of rotatable bonds is 4. The maximum atomic E-state index is 11.3. The van der Waals surface area contributed by atoms with E-state index < -0.39 is 29.0 Å². The van der Waals surface area contributed by atoms with E-state index in [2.05, 4.69) is 37.4 Å². The molecule has 0 radical (unpaired) electrons. The highest BCUT2D eigenvalue weighted by Gasteiger charge is 2.94. The molecule has 2 unspecified atom stereocenters. The molecule has 41 heavy (non-hydrogen) atoms. The van der Waals surface area contributed by atoms with Gasteiger partial charge in [-0.15, -0.1) is 0 Å². The highest BCUT2D eigenvalue weighted by Crippen LogP contribution is 2.84. The van der Waals surface area contributed by atoms with Crippen LogP contribution in [0.25, 0.3) is 11.1 Å². The van der Waals surface area contributed by atoms with Gasteiger partial charge in [0.25, 0.3) is 0 Å². The molecule has 4 aromatic rings. The second-order valence-corrected chi connectivity index (χ2v) is 16.0. The largest absolute Gasteiger partial charge is 0.196 e. The summed E-state index contributed by atoms with van der Waals surface area (Å²) >= 11 is 0. The standard InChI is InChI=1S/C36H26N4Si/c1-41(2)35(29-19-11-5-12-20-29)31(27-15-7-3-8-16-27)32(28-17-9-4-10-18-28)36(41,30-21-13-6-14-22-30)34(25-39,26-40)33(35,23-37)24-38/h3-22H,1-2H3. The molecule has 1 fully saturated rings. The van der Waals surface area contributed by atoms with Crippen molar-refractivity contribution in [3.05, 3.63) is 144 Å². The zero-order valence-corrected chi connectivity index (χ0v) is 23.8. The lowest BCUT2D eigenvalue weighted by Gasteiger charge is -2.49. The van der Waals surface area contributed by atoms with Gasteiger partial charge in [-0.05, 0) is 33.4 Å². The van der Waals surface area contributed by atoms with Crippen LogP contribution in [0.15, 0.2) is 121 Å². The average Bonchev–Trinajstić information content (AvgIpc) is 3.32. The molecule has 2 aliphatic rings. The molecule has 0 saturated carbocycles. The molecule has 4 nitrogen and oxygen atoms in total. The summed E-state index contributed by atoms with van der Waals surface area (Å²) in [6.07, 6.45) is 0. The summed E-state index contributed by atoms with van der Waals surface area (Å²) in [5, 5.41) is 42.7. The Morgan fingerprint density at radius 2 is 0.707 bits per heavy atom. The highest BCUT2D eigenvalue weighted by molar-refractivity contribution is 6.90. The van der Waals surface area contributed by atoms with Crippen molar-refractivity contribution in [3.8, 4) is 24.3 Å². The van der Waals surface area contributed by atoms with Crippen molar-refractivity contribution in [1.82, 2.24) is 0 Å². The van der Waals surface area contributed by atoms with Crippen molar-refractivity contribution in [2.45, 2.75) is 23.2 Å². The Morgan fingerprint density at radius 3 is 0.976 bits per heavy atom. The van der Waals surface area contributed by atoms with Gasteiger partial charge in [-0.3, -0.25) is 0 Å². The first-order valence-corrected chi connectivity index (χ1v) is 16.5. The van der Waals surface area contributed by atoms with Crippen molar-refractivity contribution in [2.75, 3.05) is 0 Å². The summed E-state index contributed by atoms with van der Waals surface area (Å²) in [7, 11) is -3.23. The minimum atomic E-state index is -3.23. The maximum Gasteiger partial charge on any atom is 0.187 e. The summed E-state index contributed by atoms with van der Waals surface area (Å²) in [5.74, 6) is 0. The molecular formula is C36H26N4Si. The fourth-order valence-corrected chi connectivity index (χ4v) is 15.2. The number of benzene rings is 4. The van der Waals surface area contributed by atoms with Crippen LogP contribution < -0.4 is 0 Å². The molecule has 1 saturated heterocycles. The van der Waals surface area contributed by atoms with Crippen molar-refractivity contribution < 1.29 is 0 Å². The molecule has 4 aromatic carbocycles. The summed E-state index contributed by atoms with van der Waals surface area (Å²) < 4.78 is 0. The zero-order valence-electron chi connectivity index (χ0n) is 22.8. The highest BCUT2D eigenvalue weighted by atomic mass is 28.3. The Hall–Kier alpha value is -5.20. The molecule has 2 bridgehead atoms. The smallest absolute Gasteiger partial charge is 0.187 e. The molecular weight excluding hydrogens is 517 g/mol. The van der Waals surface area contributed by atoms with Gasteiger partial charge in [0.15, 0.2) is 10.8 Å². The zero-order chi connectivity index (χ0) is 28.9. The summed E-state index contributed by atoms with van der Waals surface area (Å²) in [5.41, 5.74) is 1.04. The minimum absolute atomic E-state index is 0.789. The van der Waals surface area contributed by atoms with Crippen LogP contribution >= 0.6 is 0 Å². The third kappa shape index (κ3) is 2.61. The first kappa shape index (κ1) is 26.0. The van der Waals surface area contributed by atoms with Gasteiger partial charge in [0.2, 0.25) is 0 Å². The Kier molecular flexibility index (Phi) is 5.66. The van der Waals surface area contributed by atoms with E-state index in [-0.39, 0.29) is 0 Å². The Labute approximate surface area is 241 Å². The van der Waals surface area contributed by atoms with E-state index in [1.807, 2.05) is 121 Å². The van der Waals surface area contributed by atoms with Crippen LogP contribution in [-0.2, 0) is 10.1 Å². The lowest BCUT2D eigenvalue weighted by atomic mass is 9.45. The van der Waals surface area contributed by atoms with Gasteiger partial charge < -0.3 is 0 Å². The quantitative estimate of drug-likeness (QED) is 0.252. The second-order valence-electron chi connectivity index (χ2n) is 11.3. The lowest BCUT2D eigenvalue weighted by molar-refractivity contribution is 0.242. The lowest BCUT2D eigenvalue weighted by Crippen LogP contribution is -2.58. The van der Waals surface area contributed by atoms with Gasteiger partial charge in [-0.2, -0.15) is 21.0 Å². The summed E-state index contributed by atoms with van der Waals surface area (Å²) in [6, 6.07) is 48.8. The number of hydrogen-bond donors (Lipinski definition) is 0. The fourth-order valence-electron chi connectivity index (χ4n) is 8.63. The van der Waals surface area contributed by atoms with Crippen molar-refractivity contribution in [2.24, 2.45) is 10.8 Å². The van der Waals surface area contributed by atoms with Crippen molar-refractivity contribution >= 4 is 19.2 Å². The summed E-state index contributed by atoms with van der Waals surface area (Å²) in [6.45, 7) is 4.34. The second kappa shape index (κ2) is 8.91. The Morgan fingerprint density at radius 1 is 0.439 bits per heavy atom. The first-order chi connectivity index (χ1) is 19.9. The van der Waals surface area contributed by atoms with Crippen molar-refractivity contribution in [1.29, 1.82) is 21.0 Å². The van der Waals surface area contributed by atoms with E-state index in [0.29, 0.717) is 0 Å². The molecule has 0 amide bonds. The predicted molar refractivity (Wildman–Crippen MR) is 161 cm³/mol. The van der Waals surface area contributed by atoms with E-state index in [1.165, 1.54) is 0 Å². The van der Waals surface area contributed by atoms with Gasteiger partial charge in [0.1, 0.15) is 0 Å². The predicted octanol–water partition coefficient (Wildman–Crippen LogP) is 7.35. The van der Waals surface area contributed by atoms with Crippen LogP contribution in [0.5, 0.6) is 0 Å². The van der Waals surface area contributed by atoms with Gasteiger partial charge in [0, 0.05) is 0 Å². The Balaban J connectivity index is 2.04. The van der Waals surface area contributed by atoms with E-state index in [0.717, 1.165) is 33.4 Å². The molecule has 6 rings (SSSR count). The maximum absolute atomic E-state index is 11.3. The van der Waals surface area contributed by atoms with Crippen LogP contribution in [0.4, 0.5) is 0 Å². The van der Waals surface area contributed by atoms with Gasteiger partial charge in [-0.25, -0.2) is 0 Å². The number of nitriles is 4. The number of fused-ring (bicyclic) bond motifs is 2. The first-order valence-electron chi connectivity index (χ1n) is 13.5. The monoisotopic (exact) mass is 542 g/mol. The molecule has 194 valence electrons. The molecule has 5 heteroatoms. The molecule has 2 atom stereocenters. The molecule has 0 aliphatic carbocycles. The number of hydrogen-bond acceptors (Lipinski definition) is 4. The van der Waals surface area contributed by atoms with Crippen LogP contribution in [-0.4, -0.2) is 8.07 Å². The molecule has 0 spiro atoms. The summed E-state index contributed by atoms with van der Waals surface area (Å²) in [4.78, 5) is 0. The SMILES string of the molecule is C[Si]1(C)C2(c3ccccc3)C(c3ccccc3)=C(c3ccccc3)C1(c1ccccc1)C(C#N)(C#N)C2(C#N)C#N. The van der Waals surface area contributed by atoms with Crippen LogP contribution in [0.2, 0.25) is 13.1 Å². The van der Waals surface area contributed by atoms with Gasteiger partial charge in [0.05, 0.1) is 42.4 Å². The third-order valence-electron chi connectivity index (χ3n) is 9.77. The Bertz CT molecular complexity index is 1690. The number of allylic oxidation sites excluding steroid dienone is 2. The fraction of sp³-hybridized carbons (Fsp3) is 0.167. The normalized spacial score (nSPS) is 24.4. The van der Waals surface area contributed by atoms with Gasteiger partial charge in [-0.1, -0.05) is 134 Å². The van der Waals surface area contributed by atoms with Gasteiger partial charge >= 0.3 is 0 Å². The van der Waals surface area contributed by atoms with E-state index in [4.69, 9.17) is 0 Å². The number of nitrogens with zero attached hydrogens (tertiary/aromatic N) is 4. The molecule has 0 N–H and O–H groups in total. The molecule has 2 heterocycles. The van der Waals surface area contributed by atoms with E-state index in [1.54, 1.807) is 0 Å². The van der Waals surface area contributed by atoms with Crippen LogP contribution in [0.1, 0.15) is 22.3 Å². The topological polar surface area (TPSA) is 95.2 Å². The minimum Gasteiger partial charge on any atom is -0.196 e. The van der Waals surface area contributed by atoms with E-state index >= 15 is 0 Å². The van der Waals surface area contributed by atoms with Crippen molar-refractivity contribution in [3.63, 3.8) is 0 Å². The molecule has 2 aliphatic heterocycles. The molecule has 0 aromatic heterocycles. The third-order valence-corrected chi connectivity index (χ3v) is 15.3.